The molecule has 0 atom stereocenters. The summed E-state index contributed by atoms with van der Waals surface area (Å²) in [7, 11) is 0. The molecule has 0 spiro atoms. The first-order valence-electron chi connectivity index (χ1n) is 8.02. The number of halogens is 27. The second-order valence-electron chi connectivity index (χ2n) is 6.92. The summed E-state index contributed by atoms with van der Waals surface area (Å²) in [6.45, 7) is 0. The Hall–Kier alpha value is -1.93. The molecule has 0 aromatic heterocycles. The van der Waals surface area contributed by atoms with E-state index in [9.17, 15) is 119 Å². The molecule has 242 valence electrons. The van der Waals surface area contributed by atoms with Crippen molar-refractivity contribution in [3.05, 3.63) is 0 Å². The van der Waals surface area contributed by atoms with Crippen molar-refractivity contribution in [2.75, 3.05) is 0 Å². The molecule has 0 fully saturated rings. The molecule has 0 aliphatic carbocycles. The Balaban J connectivity index is 8.78. The van der Waals surface area contributed by atoms with Gasteiger partial charge in [0.05, 0.1) is 0 Å². The summed E-state index contributed by atoms with van der Waals surface area (Å²) >= 11 is 0. The van der Waals surface area contributed by atoms with Crippen LogP contribution in [0.5, 0.6) is 0 Å². The van der Waals surface area contributed by atoms with Crippen molar-refractivity contribution in [3.63, 3.8) is 0 Å². The van der Waals surface area contributed by atoms with Gasteiger partial charge in [0.15, 0.2) is 0 Å². The fraction of sp³-hybridized carbons (Fsp3) is 1.00. The molecule has 0 saturated heterocycles. The van der Waals surface area contributed by atoms with Crippen molar-refractivity contribution in [2.24, 2.45) is 0 Å². The highest BCUT2D eigenvalue weighted by Gasteiger charge is 2.99. The first-order valence-corrected chi connectivity index (χ1v) is 8.02. The van der Waals surface area contributed by atoms with E-state index in [4.69, 9.17) is 0 Å². The molecule has 0 radical (unpaired) electrons. The van der Waals surface area contributed by atoms with E-state index in [1.54, 1.807) is 0 Å². The average Bonchev–Trinajstić information content (AvgIpc) is 2.58. The van der Waals surface area contributed by atoms with Gasteiger partial charge in [0.25, 0.3) is 0 Å². The quantitative estimate of drug-likeness (QED) is 0.202. The lowest BCUT2D eigenvalue weighted by atomic mass is 9.91. The normalized spacial score (nSPS) is 17.1. The minimum Gasteiger partial charge on any atom is -0.215 e. The molecule has 0 aliphatic rings. The molecule has 0 N–H and O–H groups in total. The number of alkyl halides is 27. The Labute approximate surface area is 197 Å². The summed E-state index contributed by atoms with van der Waals surface area (Å²) < 4.78 is 353. The van der Waals surface area contributed by atoms with Gasteiger partial charge in [-0.2, -0.15) is 105 Å². The van der Waals surface area contributed by atoms with Crippen LogP contribution in [0, 0.1) is 0 Å². The van der Waals surface area contributed by atoms with Crippen LogP contribution in [0.15, 0.2) is 0 Å². The minimum absolute atomic E-state index is 6.35. The molecule has 0 aromatic rings. The summed E-state index contributed by atoms with van der Waals surface area (Å²) in [6.07, 6.45) is -54.1. The van der Waals surface area contributed by atoms with E-state index in [0.717, 1.165) is 0 Å². The van der Waals surface area contributed by atoms with Crippen molar-refractivity contribution in [3.8, 4) is 0 Å². The van der Waals surface area contributed by atoms with E-state index in [2.05, 4.69) is 0 Å². The molecule has 40 heavy (non-hydrogen) atoms. The molecule has 28 heteroatoms. The number of nitrogens with zero attached hydrogens (tertiary/aromatic N) is 1. The lowest BCUT2D eigenvalue weighted by molar-refractivity contribution is -0.532. The van der Waals surface area contributed by atoms with E-state index < -0.39 is 77.1 Å². The van der Waals surface area contributed by atoms with Crippen LogP contribution < -0.4 is 0 Å². The Bertz CT molecular complexity index is 740. The summed E-state index contributed by atoms with van der Waals surface area (Å²) in [5, 5.41) is 0. The molecule has 1 nitrogen and oxygen atoms in total. The van der Waals surface area contributed by atoms with Gasteiger partial charge in [-0.15, -0.1) is 4.90 Å². The van der Waals surface area contributed by atoms with Crippen molar-refractivity contribution in [1.29, 1.82) is 0 Å². The first-order chi connectivity index (χ1) is 16.6. The summed E-state index contributed by atoms with van der Waals surface area (Å²) in [5.74, 6) is 0. The van der Waals surface area contributed by atoms with Crippen molar-refractivity contribution >= 4 is 0 Å². The van der Waals surface area contributed by atoms with Crippen molar-refractivity contribution < 1.29 is 119 Å². The van der Waals surface area contributed by atoms with E-state index in [1.165, 1.54) is 0 Å². The molecule has 0 unspecified atom stereocenters. The third kappa shape index (κ3) is 4.71. The highest BCUT2D eigenvalue weighted by molar-refractivity contribution is 5.17. The van der Waals surface area contributed by atoms with Gasteiger partial charge in [0.1, 0.15) is 0 Å². The second-order valence-corrected chi connectivity index (χ2v) is 6.92. The lowest BCUT2D eigenvalue weighted by Crippen LogP contribution is -2.85. The molecule has 0 aliphatic heterocycles. The van der Waals surface area contributed by atoms with Crippen LogP contribution in [0.1, 0.15) is 0 Å². The van der Waals surface area contributed by atoms with Gasteiger partial charge >= 0.3 is 72.2 Å². The molecule has 0 rings (SSSR count). The van der Waals surface area contributed by atoms with Crippen LogP contribution in [-0.4, -0.2) is 77.1 Å². The van der Waals surface area contributed by atoms with Crippen LogP contribution >= 0.6 is 0 Å². The van der Waals surface area contributed by atoms with Gasteiger partial charge < -0.3 is 0 Å². The van der Waals surface area contributed by atoms with E-state index in [-0.39, 0.29) is 0 Å². The maximum Gasteiger partial charge on any atom is 0.439 e. The third-order valence-electron chi connectivity index (χ3n) is 4.43. The van der Waals surface area contributed by atoms with Gasteiger partial charge in [-0.25, -0.2) is 13.2 Å². The van der Waals surface area contributed by atoms with E-state index >= 15 is 0 Å². The van der Waals surface area contributed by atoms with Crippen LogP contribution in [0.25, 0.3) is 0 Å². The summed E-state index contributed by atoms with van der Waals surface area (Å²) in [6, 6.07) is -30.2. The zero-order chi connectivity index (χ0) is 33.6. The Morgan fingerprint density at radius 1 is 0.200 bits per heavy atom. The zero-order valence-corrected chi connectivity index (χ0v) is 16.7. The van der Waals surface area contributed by atoms with Gasteiger partial charge in [0, 0.05) is 0 Å². The van der Waals surface area contributed by atoms with Crippen LogP contribution in [0.4, 0.5) is 119 Å². The van der Waals surface area contributed by atoms with Crippen LogP contribution in [0.3, 0.4) is 0 Å². The van der Waals surface area contributed by atoms with Crippen LogP contribution in [0.2, 0.25) is 0 Å². The van der Waals surface area contributed by atoms with Crippen LogP contribution in [-0.2, 0) is 0 Å². The highest BCUT2D eigenvalue weighted by Crippen LogP contribution is 2.67. The van der Waals surface area contributed by atoms with Crippen molar-refractivity contribution in [2.45, 2.75) is 72.2 Å². The monoisotopic (exact) mass is 671 g/mol. The largest absolute Gasteiger partial charge is 0.439 e. The Morgan fingerprint density at radius 3 is 0.375 bits per heavy atom. The number of rotatable bonds is 6. The average molecular weight is 671 g/mol. The Kier molecular flexibility index (Phi) is 8.60. The fourth-order valence-electron chi connectivity index (χ4n) is 2.50. The predicted octanol–water partition coefficient (Wildman–Crippen LogP) is 8.57. The molecule has 0 bridgehead atoms. The highest BCUT2D eigenvalue weighted by atomic mass is 19.5. The van der Waals surface area contributed by atoms with Gasteiger partial charge in [-0.05, 0) is 0 Å². The number of hydrogen-bond donors (Lipinski definition) is 0. The topological polar surface area (TPSA) is 3.24 Å². The maximum absolute atomic E-state index is 14.1. The first kappa shape index (κ1) is 38.1. The molecule has 0 heterocycles. The summed E-state index contributed by atoms with van der Waals surface area (Å²) in [5.41, 5.74) is -28.9. The lowest BCUT2D eigenvalue weighted by Gasteiger charge is -2.52. The molecule has 0 amide bonds. The molecule has 0 aromatic carbocycles. The SMILES string of the molecule is FC(F)(F)C(F)(C(F)(F)F)C(F)(F)N(C(F)(F)C(F)(C(F)(F)F)C(F)(F)F)C(F)(F)C(F)(C(F)(F)F)C(F)(F)F. The summed E-state index contributed by atoms with van der Waals surface area (Å²) in [4.78, 5) is -6.35. The molecule has 0 saturated carbocycles. The maximum atomic E-state index is 14.1. The molecular weight excluding hydrogens is 671 g/mol. The smallest absolute Gasteiger partial charge is 0.215 e. The van der Waals surface area contributed by atoms with E-state index in [1.807, 2.05) is 0 Å². The number of hydrogen-bond acceptors (Lipinski definition) is 1. The minimum atomic E-state index is -10.1. The zero-order valence-electron chi connectivity index (χ0n) is 16.7. The third-order valence-corrected chi connectivity index (χ3v) is 4.43. The van der Waals surface area contributed by atoms with Gasteiger partial charge in [-0.1, -0.05) is 0 Å². The van der Waals surface area contributed by atoms with Gasteiger partial charge in [-0.3, -0.25) is 0 Å². The van der Waals surface area contributed by atoms with Crippen molar-refractivity contribution in [1.82, 2.24) is 4.90 Å². The molecular formula is C12F27N. The Morgan fingerprint density at radius 2 is 0.300 bits per heavy atom. The van der Waals surface area contributed by atoms with E-state index in [0.29, 0.717) is 0 Å². The fourth-order valence-corrected chi connectivity index (χ4v) is 2.50. The standard InChI is InChI=1S/C12F27N/c13-1(4(16,17)18,5(19,20)21)10(34,35)40(11(36,37)2(14,6(22,23)24)7(25,26)27)12(38,39)3(15,8(28,29)30)9(31,32)33. The second kappa shape index (κ2) is 9.03. The predicted molar refractivity (Wildman–Crippen MR) is 64.5 cm³/mol. The van der Waals surface area contributed by atoms with Gasteiger partial charge in [0.2, 0.25) is 0 Å².